The molecule has 1 aromatic carbocycles. The Kier molecular flexibility index (Phi) is 36.8. The van der Waals surface area contributed by atoms with E-state index in [-0.39, 0.29) is 51.1 Å². The number of carboxylic acid groups (broad SMARTS) is 3. The summed E-state index contributed by atoms with van der Waals surface area (Å²) in [5, 5.41) is 75.1. The first-order valence-electron chi connectivity index (χ1n) is 29.1. The van der Waals surface area contributed by atoms with Crippen molar-refractivity contribution < 1.29 is 92.7 Å². The van der Waals surface area contributed by atoms with Crippen molar-refractivity contribution in [3.05, 3.63) is 35.9 Å². The normalized spacial score (nSPS) is 14.5. The number of nitrogens with two attached hydrogens (primary N) is 2. The third-order valence-corrected chi connectivity index (χ3v) is 13.5. The average molecular weight is 1250 g/mol. The third-order valence-electron chi connectivity index (χ3n) is 13.5. The van der Waals surface area contributed by atoms with Gasteiger partial charge in [-0.1, -0.05) is 63.9 Å². The van der Waals surface area contributed by atoms with Crippen molar-refractivity contribution in [1.29, 1.82) is 0 Å². The van der Waals surface area contributed by atoms with E-state index >= 15 is 0 Å². The fourth-order valence-electron chi connectivity index (χ4n) is 8.54. The van der Waals surface area contributed by atoms with Crippen LogP contribution in [0.4, 0.5) is 0 Å². The molecule has 0 aliphatic rings. The fraction of sp³-hybridized carbons (Fsp3) is 0.643. The van der Waals surface area contributed by atoms with Gasteiger partial charge in [-0.2, -0.15) is 0 Å². The first-order valence-corrected chi connectivity index (χ1v) is 29.1. The zero-order chi connectivity index (χ0) is 66.6. The molecule has 0 aromatic heterocycles. The van der Waals surface area contributed by atoms with E-state index in [1.807, 2.05) is 0 Å². The molecule has 0 saturated heterocycles. The van der Waals surface area contributed by atoms with E-state index in [1.54, 1.807) is 51.1 Å². The number of aliphatic carboxylic acids is 3. The van der Waals surface area contributed by atoms with Crippen LogP contribution in [-0.2, 0) is 73.7 Å². The van der Waals surface area contributed by atoms with E-state index in [1.165, 1.54) is 20.9 Å². The Morgan fingerprint density at radius 1 is 0.432 bits per heavy atom. The maximum Gasteiger partial charge on any atom is 0.303 e. The maximum atomic E-state index is 14.2. The van der Waals surface area contributed by atoms with Gasteiger partial charge in [-0.15, -0.1) is 0 Å². The summed E-state index contributed by atoms with van der Waals surface area (Å²) < 4.78 is 0. The second-order valence-corrected chi connectivity index (χ2v) is 21.5. The molecule has 32 nitrogen and oxygen atoms in total. The van der Waals surface area contributed by atoms with Gasteiger partial charge >= 0.3 is 17.9 Å². The van der Waals surface area contributed by atoms with Crippen LogP contribution in [0.15, 0.2) is 30.3 Å². The predicted molar refractivity (Wildman–Crippen MR) is 314 cm³/mol. The molecule has 1 rings (SSSR count). The Morgan fingerprint density at radius 3 is 1.16 bits per heavy atom. The molecule has 0 saturated carbocycles. The van der Waals surface area contributed by atoms with Gasteiger partial charge in [0.05, 0.1) is 6.04 Å². The lowest BCUT2D eigenvalue weighted by molar-refractivity contribution is -0.140. The van der Waals surface area contributed by atoms with Crippen molar-refractivity contribution in [2.45, 2.75) is 211 Å². The molecular formula is C56H91N13O19. The summed E-state index contributed by atoms with van der Waals surface area (Å²) in [6.45, 7) is 8.25. The number of benzene rings is 1. The van der Waals surface area contributed by atoms with Crippen LogP contribution >= 0.6 is 0 Å². The van der Waals surface area contributed by atoms with Gasteiger partial charge in [0.2, 0.25) is 65.0 Å². The van der Waals surface area contributed by atoms with Gasteiger partial charge in [-0.05, 0) is 89.7 Å². The van der Waals surface area contributed by atoms with Crippen molar-refractivity contribution in [3.63, 3.8) is 0 Å². The lowest BCUT2D eigenvalue weighted by Gasteiger charge is -2.28. The summed E-state index contributed by atoms with van der Waals surface area (Å²) in [7, 11) is 1.28. The van der Waals surface area contributed by atoms with E-state index < -0.39 is 207 Å². The minimum Gasteiger partial charge on any atom is -0.481 e. The van der Waals surface area contributed by atoms with Gasteiger partial charge in [-0.3, -0.25) is 67.1 Å². The van der Waals surface area contributed by atoms with Gasteiger partial charge in [0, 0.05) is 45.7 Å². The quantitative estimate of drug-likeness (QED) is 0.0220. The number of carbonyl (C=O) groups is 14. The third kappa shape index (κ3) is 31.9. The largest absolute Gasteiger partial charge is 0.481 e. The fourth-order valence-corrected chi connectivity index (χ4v) is 8.54. The SMILES string of the molecule is CCCC[C@H](NC(=O)[C@H](CCC(N)=O)NC(=O)[C@H](CCCCN)NC(=O)[C@@H](C)NC(=O)[C@H](CC(C)C)NC(=O)[C@@H](CC(O)O)NCc1ccccc1)C(=O)N[C@@H](CCC(=O)O)C(=O)N[C@@H](CCC(=O)O)C(=O)N[C@@H](CCC(=O)O)C(=O)N[C@@H](C)C(=O)NC. The highest BCUT2D eigenvalue weighted by atomic mass is 16.5. The van der Waals surface area contributed by atoms with E-state index in [9.17, 15) is 92.7 Å². The number of nitrogens with one attached hydrogen (secondary N) is 11. The minimum absolute atomic E-state index is 0.0705. The van der Waals surface area contributed by atoms with Crippen molar-refractivity contribution in [2.75, 3.05) is 13.6 Å². The number of carbonyl (C=O) groups excluding carboxylic acids is 11. The van der Waals surface area contributed by atoms with Crippen LogP contribution in [0, 0.1) is 5.92 Å². The van der Waals surface area contributed by atoms with Crippen molar-refractivity contribution in [1.82, 2.24) is 58.5 Å². The first-order chi connectivity index (χ1) is 41.4. The molecular weight excluding hydrogens is 1160 g/mol. The summed E-state index contributed by atoms with van der Waals surface area (Å²) in [6.07, 6.45) is -6.12. The molecule has 10 atom stereocenters. The standard InChI is InChI=1S/C56H91N13O19/c1-7-8-16-34(50(82)67-38(20-24-44(73)74)54(86)68-39(21-25-45(75)76)53(85)66-37(19-23-43(71)72)49(81)61-31(4)47(79)59-6)64-52(84)36(18-22-42(58)70)65-51(83)35(17-12-13-26-57)63-48(80)32(5)62-56(88)41(27-30(2)3)69-55(87)40(28-46(77)78)60-29-33-14-10-9-11-15-33/h9-11,14-15,30-32,34-41,46,60,77-78H,7-8,12-13,16-29,57H2,1-6H3,(H2,58,70)(H,59,79)(H,61,81)(H,62,88)(H,63,80)(H,64,84)(H,65,83)(H,66,85)(H,67,82)(H,68,86)(H,69,87)(H,71,72)(H,73,74)(H,75,76)/t31-,32+,34-,35-,36-,37-,38-,39-,40+,41-/m0/s1. The Bertz CT molecular complexity index is 2510. The zero-order valence-corrected chi connectivity index (χ0v) is 50.6. The predicted octanol–water partition coefficient (Wildman–Crippen LogP) is -3.78. The Morgan fingerprint density at radius 2 is 0.784 bits per heavy atom. The van der Waals surface area contributed by atoms with Crippen LogP contribution in [0.2, 0.25) is 0 Å². The van der Waals surface area contributed by atoms with Gasteiger partial charge in [0.25, 0.3) is 0 Å². The van der Waals surface area contributed by atoms with E-state index in [0.717, 1.165) is 5.56 Å². The molecule has 0 heterocycles. The molecule has 0 unspecified atom stereocenters. The average Bonchev–Trinajstić information content (AvgIpc) is 3.65. The van der Waals surface area contributed by atoms with Crippen LogP contribution in [0.1, 0.15) is 143 Å². The van der Waals surface area contributed by atoms with Gasteiger partial charge in [0.1, 0.15) is 54.4 Å². The van der Waals surface area contributed by atoms with E-state index in [0.29, 0.717) is 12.8 Å². The van der Waals surface area contributed by atoms with Crippen LogP contribution in [0.25, 0.3) is 0 Å². The zero-order valence-electron chi connectivity index (χ0n) is 50.6. The molecule has 0 fully saturated rings. The van der Waals surface area contributed by atoms with Crippen LogP contribution in [0.5, 0.6) is 0 Å². The number of hydrogen-bond acceptors (Lipinski definition) is 18. The Hall–Kier alpha value is -8.36. The number of primary amides is 1. The monoisotopic (exact) mass is 1250 g/mol. The topological polar surface area (TPSA) is 524 Å². The number of rotatable bonds is 45. The number of amides is 11. The van der Waals surface area contributed by atoms with Gasteiger partial charge < -0.3 is 95.5 Å². The van der Waals surface area contributed by atoms with Gasteiger partial charge in [-0.25, -0.2) is 0 Å². The number of unbranched alkanes of at least 4 members (excludes halogenated alkanes) is 2. The summed E-state index contributed by atoms with van der Waals surface area (Å²) in [5.41, 5.74) is 12.0. The smallest absolute Gasteiger partial charge is 0.303 e. The highest BCUT2D eigenvalue weighted by molar-refractivity contribution is 5.99. The number of carboxylic acids is 3. The molecule has 0 aliphatic heterocycles. The summed E-state index contributed by atoms with van der Waals surface area (Å²) >= 11 is 0. The van der Waals surface area contributed by atoms with E-state index in [2.05, 4.69) is 58.5 Å². The summed E-state index contributed by atoms with van der Waals surface area (Å²) in [6, 6.07) is -5.86. The minimum atomic E-state index is -1.89. The van der Waals surface area contributed by atoms with Crippen molar-refractivity contribution >= 4 is 82.9 Å². The molecule has 0 aliphatic carbocycles. The Labute approximate surface area is 510 Å². The number of likely N-dealkylation sites (N-methyl/N-ethyl adjacent to an activating group) is 1. The van der Waals surface area contributed by atoms with Crippen molar-refractivity contribution in [2.24, 2.45) is 17.4 Å². The molecule has 20 N–H and O–H groups in total. The van der Waals surface area contributed by atoms with Gasteiger partial charge in [0.15, 0.2) is 6.29 Å². The molecule has 0 radical (unpaired) electrons. The number of aliphatic hydroxyl groups is 2. The number of hydrogen-bond donors (Lipinski definition) is 18. The lowest BCUT2D eigenvalue weighted by Crippen LogP contribution is -2.60. The maximum absolute atomic E-state index is 14.2. The molecule has 0 spiro atoms. The van der Waals surface area contributed by atoms with E-state index in [4.69, 9.17) is 11.5 Å². The highest BCUT2D eigenvalue weighted by Crippen LogP contribution is 2.13. The molecule has 494 valence electrons. The highest BCUT2D eigenvalue weighted by Gasteiger charge is 2.36. The summed E-state index contributed by atoms with van der Waals surface area (Å²) in [4.78, 5) is 184. The molecule has 0 bridgehead atoms. The number of aliphatic hydroxyl groups excluding tert-OH is 1. The van der Waals surface area contributed by atoms with Crippen LogP contribution in [-0.4, -0.2) is 189 Å². The molecule has 11 amide bonds. The van der Waals surface area contributed by atoms with Crippen LogP contribution in [0.3, 0.4) is 0 Å². The summed E-state index contributed by atoms with van der Waals surface area (Å²) in [5.74, 6) is -15.0. The van der Waals surface area contributed by atoms with Crippen LogP contribution < -0.4 is 70.0 Å². The first kappa shape index (κ1) is 77.7. The molecule has 1 aromatic rings. The second-order valence-electron chi connectivity index (χ2n) is 21.5. The van der Waals surface area contributed by atoms with Crippen molar-refractivity contribution in [3.8, 4) is 0 Å². The Balaban J connectivity index is 3.52. The lowest BCUT2D eigenvalue weighted by atomic mass is 10.0. The molecule has 88 heavy (non-hydrogen) atoms. The molecule has 32 heteroatoms. The second kappa shape index (κ2) is 41.7.